The van der Waals surface area contributed by atoms with Gasteiger partial charge in [0.05, 0.1) is 12.6 Å². The van der Waals surface area contributed by atoms with E-state index < -0.39 is 0 Å². The third kappa shape index (κ3) is 2.48. The molecule has 0 bridgehead atoms. The maximum atomic E-state index is 5.13. The molecule has 0 aromatic rings. The highest BCUT2D eigenvalue weighted by molar-refractivity contribution is 5.78. The lowest BCUT2D eigenvalue weighted by atomic mass is 10.2. The van der Waals surface area contributed by atoms with E-state index in [9.17, 15) is 0 Å². The molecule has 0 amide bonds. The number of methoxy groups -OCH3 is 1. The summed E-state index contributed by atoms with van der Waals surface area (Å²) < 4.78 is 5.13. The first-order valence-corrected chi connectivity index (χ1v) is 4.51. The fraction of sp³-hybridized carbons (Fsp3) is 0.889. The number of rotatable bonds is 3. The van der Waals surface area contributed by atoms with Crippen LogP contribution in [0.25, 0.3) is 0 Å². The van der Waals surface area contributed by atoms with Crippen molar-refractivity contribution in [1.29, 1.82) is 0 Å². The Morgan fingerprint density at radius 2 is 2.33 bits per heavy atom. The predicted octanol–water partition coefficient (Wildman–Crippen LogP) is 1.49. The van der Waals surface area contributed by atoms with Gasteiger partial charge in [-0.1, -0.05) is 0 Å². The van der Waals surface area contributed by atoms with Gasteiger partial charge in [0.25, 0.3) is 0 Å². The van der Waals surface area contributed by atoms with Crippen LogP contribution in [-0.2, 0) is 4.74 Å². The van der Waals surface area contributed by atoms with Gasteiger partial charge in [0, 0.05) is 19.4 Å². The lowest BCUT2D eigenvalue weighted by Gasteiger charge is -2.20. The molecule has 70 valence electrons. The van der Waals surface area contributed by atoms with E-state index in [1.165, 1.54) is 12.8 Å². The summed E-state index contributed by atoms with van der Waals surface area (Å²) in [5.41, 5.74) is 1.12. The average molecular weight is 170 g/mol. The monoisotopic (exact) mass is 170 g/mol. The molecule has 0 aromatic heterocycles. The first-order chi connectivity index (χ1) is 5.74. The lowest BCUT2D eigenvalue weighted by molar-refractivity contribution is 0.118. The summed E-state index contributed by atoms with van der Waals surface area (Å²) >= 11 is 0. The molecule has 12 heavy (non-hydrogen) atoms. The summed E-state index contributed by atoms with van der Waals surface area (Å²) in [6.45, 7) is 5.94. The molecule has 3 heteroatoms. The second-order valence-corrected chi connectivity index (χ2v) is 3.46. The van der Waals surface area contributed by atoms with Gasteiger partial charge in [-0.25, -0.2) is 0 Å². The van der Waals surface area contributed by atoms with Crippen molar-refractivity contribution in [3.63, 3.8) is 0 Å². The van der Waals surface area contributed by atoms with E-state index in [2.05, 4.69) is 10.1 Å². The summed E-state index contributed by atoms with van der Waals surface area (Å²) in [6, 6.07) is 0.505. The van der Waals surface area contributed by atoms with Gasteiger partial charge in [-0.3, -0.25) is 5.01 Å². The molecule has 1 atom stereocenters. The van der Waals surface area contributed by atoms with Gasteiger partial charge in [-0.15, -0.1) is 0 Å². The molecule has 0 saturated carbocycles. The van der Waals surface area contributed by atoms with Crippen LogP contribution in [0.3, 0.4) is 0 Å². The van der Waals surface area contributed by atoms with Crippen molar-refractivity contribution in [3.8, 4) is 0 Å². The third-order valence-corrected chi connectivity index (χ3v) is 2.03. The summed E-state index contributed by atoms with van der Waals surface area (Å²) in [5, 5.41) is 6.60. The Morgan fingerprint density at radius 3 is 2.92 bits per heavy atom. The minimum absolute atomic E-state index is 0.505. The van der Waals surface area contributed by atoms with E-state index in [0.29, 0.717) is 6.04 Å². The van der Waals surface area contributed by atoms with Crippen molar-refractivity contribution >= 4 is 5.71 Å². The lowest BCUT2D eigenvalue weighted by Crippen LogP contribution is -2.28. The van der Waals surface area contributed by atoms with Crippen LogP contribution in [0.2, 0.25) is 0 Å². The molecule has 1 heterocycles. The van der Waals surface area contributed by atoms with Crippen LogP contribution in [0.5, 0.6) is 0 Å². The minimum atomic E-state index is 0.505. The molecule has 1 aliphatic rings. The second-order valence-electron chi connectivity index (χ2n) is 3.46. The number of nitrogens with zero attached hydrogens (tertiary/aromatic N) is 2. The maximum absolute atomic E-state index is 5.13. The Labute approximate surface area is 74.4 Å². The highest BCUT2D eigenvalue weighted by atomic mass is 16.5. The maximum Gasteiger partial charge on any atom is 0.0704 e. The second kappa shape index (κ2) is 4.45. The highest BCUT2D eigenvalue weighted by Gasteiger charge is 2.22. The molecule has 0 spiro atoms. The Kier molecular flexibility index (Phi) is 3.53. The van der Waals surface area contributed by atoms with E-state index in [-0.39, 0.29) is 0 Å². The van der Waals surface area contributed by atoms with Crippen molar-refractivity contribution in [2.24, 2.45) is 5.10 Å². The molecule has 3 nitrogen and oxygen atoms in total. The largest absolute Gasteiger partial charge is 0.382 e. The van der Waals surface area contributed by atoms with Crippen molar-refractivity contribution in [2.75, 3.05) is 20.3 Å². The fourth-order valence-electron chi connectivity index (χ4n) is 1.57. The molecule has 1 saturated heterocycles. The molecule has 0 radical (unpaired) electrons. The zero-order valence-electron chi connectivity index (χ0n) is 8.21. The van der Waals surface area contributed by atoms with Crippen molar-refractivity contribution < 1.29 is 4.74 Å². The van der Waals surface area contributed by atoms with Crippen LogP contribution in [0, 0.1) is 0 Å². The molecule has 1 aliphatic heterocycles. The Balaban J connectivity index is 2.46. The van der Waals surface area contributed by atoms with E-state index in [1.807, 2.05) is 13.8 Å². The molecule has 0 aromatic carbocycles. The molecule has 0 unspecified atom stereocenters. The smallest absolute Gasteiger partial charge is 0.0704 e. The van der Waals surface area contributed by atoms with Crippen LogP contribution in [0.4, 0.5) is 0 Å². The third-order valence-electron chi connectivity index (χ3n) is 2.03. The summed E-state index contributed by atoms with van der Waals surface area (Å²) in [7, 11) is 1.75. The predicted molar refractivity (Wildman–Crippen MR) is 50.4 cm³/mol. The zero-order chi connectivity index (χ0) is 8.97. The van der Waals surface area contributed by atoms with Crippen molar-refractivity contribution in [1.82, 2.24) is 5.01 Å². The minimum Gasteiger partial charge on any atom is -0.382 e. The van der Waals surface area contributed by atoms with Gasteiger partial charge >= 0.3 is 0 Å². The van der Waals surface area contributed by atoms with Crippen LogP contribution < -0.4 is 0 Å². The summed E-state index contributed by atoms with van der Waals surface area (Å²) in [5.74, 6) is 0. The van der Waals surface area contributed by atoms with Crippen molar-refractivity contribution in [2.45, 2.75) is 32.7 Å². The number of hydrogen-bond acceptors (Lipinski definition) is 3. The van der Waals surface area contributed by atoms with Crippen LogP contribution >= 0.6 is 0 Å². The molecular formula is C9H18N2O. The van der Waals surface area contributed by atoms with Crippen LogP contribution in [0.1, 0.15) is 26.7 Å². The van der Waals surface area contributed by atoms with Gasteiger partial charge in [-0.2, -0.15) is 5.10 Å². The van der Waals surface area contributed by atoms with Crippen LogP contribution in [-0.4, -0.2) is 37.0 Å². The Hall–Kier alpha value is -0.570. The Bertz CT molecular complexity index is 164. The quantitative estimate of drug-likeness (QED) is 0.599. The standard InChI is InChI=1S/C9H18N2O/c1-8(2)10-11-6-4-5-9(11)7-12-3/h9H,4-7H2,1-3H3/t9-/m0/s1. The van der Waals surface area contributed by atoms with E-state index >= 15 is 0 Å². The van der Waals surface area contributed by atoms with Gasteiger partial charge in [0.2, 0.25) is 0 Å². The van der Waals surface area contributed by atoms with E-state index in [0.717, 1.165) is 18.9 Å². The van der Waals surface area contributed by atoms with Gasteiger partial charge in [-0.05, 0) is 26.7 Å². The molecule has 0 N–H and O–H groups in total. The Morgan fingerprint density at radius 1 is 1.58 bits per heavy atom. The van der Waals surface area contributed by atoms with E-state index in [4.69, 9.17) is 4.74 Å². The number of hydrogen-bond donors (Lipinski definition) is 0. The van der Waals surface area contributed by atoms with Gasteiger partial charge in [0.1, 0.15) is 0 Å². The summed E-state index contributed by atoms with van der Waals surface area (Å²) in [4.78, 5) is 0. The molecule has 0 aliphatic carbocycles. The zero-order valence-corrected chi connectivity index (χ0v) is 8.21. The van der Waals surface area contributed by atoms with Gasteiger partial charge in [0.15, 0.2) is 0 Å². The molecule has 1 rings (SSSR count). The summed E-state index contributed by atoms with van der Waals surface area (Å²) in [6.07, 6.45) is 2.45. The number of ether oxygens (including phenoxy) is 1. The normalized spacial score (nSPS) is 22.9. The van der Waals surface area contributed by atoms with Crippen LogP contribution in [0.15, 0.2) is 5.10 Å². The first-order valence-electron chi connectivity index (χ1n) is 4.51. The highest BCUT2D eigenvalue weighted by Crippen LogP contribution is 2.17. The first kappa shape index (κ1) is 9.52. The number of hydrazone groups is 1. The average Bonchev–Trinajstić information content (AvgIpc) is 2.37. The molecule has 1 fully saturated rings. The topological polar surface area (TPSA) is 24.8 Å². The van der Waals surface area contributed by atoms with Gasteiger partial charge < -0.3 is 4.74 Å². The van der Waals surface area contributed by atoms with Crippen molar-refractivity contribution in [3.05, 3.63) is 0 Å². The SMILES string of the molecule is COC[C@@H]1CCCN1N=C(C)C. The molecular weight excluding hydrogens is 152 g/mol. The van der Waals surface area contributed by atoms with E-state index in [1.54, 1.807) is 7.11 Å². The fourth-order valence-corrected chi connectivity index (χ4v) is 1.57.